The van der Waals surface area contributed by atoms with Crippen molar-refractivity contribution in [3.8, 4) is 0 Å². The molecule has 4 nitrogen and oxygen atoms in total. The molecule has 12 heavy (non-hydrogen) atoms. The smallest absolute Gasteiger partial charge is 0.322 e. The molecule has 0 atom stereocenters. The summed E-state index contributed by atoms with van der Waals surface area (Å²) in [5.41, 5.74) is 1.33. The van der Waals surface area contributed by atoms with Crippen molar-refractivity contribution >= 4 is 16.1 Å². The first-order valence-electron chi connectivity index (χ1n) is 2.94. The number of hydrogen-bond donors (Lipinski definition) is 0. The summed E-state index contributed by atoms with van der Waals surface area (Å²) in [4.78, 5) is 0. The lowest BCUT2D eigenvalue weighted by Crippen LogP contribution is -2.26. The van der Waals surface area contributed by atoms with E-state index in [1.807, 2.05) is 0 Å². The molecule has 0 aromatic carbocycles. The Morgan fingerprint density at radius 2 is 1.83 bits per heavy atom. The van der Waals surface area contributed by atoms with Gasteiger partial charge in [0.15, 0.2) is 0 Å². The van der Waals surface area contributed by atoms with Crippen LogP contribution >= 0.6 is 7.82 Å². The van der Waals surface area contributed by atoms with E-state index >= 15 is 0 Å². The Balaban J connectivity index is 4.41. The summed E-state index contributed by atoms with van der Waals surface area (Å²) in [6.07, 6.45) is 0. The van der Waals surface area contributed by atoms with Crippen LogP contribution in [0.4, 0.5) is 9.05 Å². The largest absolute Gasteiger partial charge is 0.527 e. The van der Waals surface area contributed by atoms with Crippen LogP contribution in [-0.4, -0.2) is 8.32 Å². The number of rotatable bonds is 5. The molecule has 0 aromatic heterocycles. The molecule has 0 radical (unpaired) electrons. The van der Waals surface area contributed by atoms with Gasteiger partial charge in [-0.1, -0.05) is 15.2 Å². The third-order valence-corrected chi connectivity index (χ3v) is 5.11. The van der Waals surface area contributed by atoms with Gasteiger partial charge < -0.3 is 4.21 Å². The molecule has 0 aliphatic rings. The first-order chi connectivity index (χ1) is 5.39. The van der Waals surface area contributed by atoms with Gasteiger partial charge in [0.05, 0.1) is 0 Å². The highest BCUT2D eigenvalue weighted by Crippen LogP contribution is 2.52. The minimum atomic E-state index is -4.66. The minimum absolute atomic E-state index is 1.33. The molecule has 0 fully saturated rings. The van der Waals surface area contributed by atoms with Gasteiger partial charge >= 0.3 is 7.82 Å². The highest BCUT2D eigenvalue weighted by atomic mass is 31.2. The van der Waals surface area contributed by atoms with Crippen LogP contribution in [0.2, 0.25) is 13.1 Å². The van der Waals surface area contributed by atoms with Crippen molar-refractivity contribution < 1.29 is 27.3 Å². The third kappa shape index (κ3) is 3.55. The first kappa shape index (κ1) is 11.9. The molecule has 72 valence electrons. The molecular formula is C4H9F2O4PSi. The molecule has 0 saturated carbocycles. The summed E-state index contributed by atoms with van der Waals surface area (Å²) in [5.74, 6) is 0. The van der Waals surface area contributed by atoms with Gasteiger partial charge in [0.1, 0.15) is 0 Å². The zero-order chi connectivity index (χ0) is 9.83. The summed E-state index contributed by atoms with van der Waals surface area (Å²) in [7, 11) is -7.25. The molecule has 0 saturated heterocycles. The van der Waals surface area contributed by atoms with Gasteiger partial charge in [-0.3, -0.25) is 0 Å². The zero-order valence-electron chi connectivity index (χ0n) is 6.62. The van der Waals surface area contributed by atoms with Crippen molar-refractivity contribution in [2.45, 2.75) is 13.1 Å². The van der Waals surface area contributed by atoms with Crippen molar-refractivity contribution in [3.63, 3.8) is 0 Å². The Kier molecular flexibility index (Phi) is 4.22. The van der Waals surface area contributed by atoms with Gasteiger partial charge in [0.2, 0.25) is 8.32 Å². The van der Waals surface area contributed by atoms with Crippen LogP contribution in [0.3, 0.4) is 0 Å². The number of halogens is 2. The van der Waals surface area contributed by atoms with Crippen LogP contribution in [0.5, 0.6) is 0 Å². The molecule has 0 spiro atoms. The van der Waals surface area contributed by atoms with Gasteiger partial charge in [0.25, 0.3) is 0 Å². The van der Waals surface area contributed by atoms with Crippen LogP contribution in [0.15, 0.2) is 12.3 Å². The van der Waals surface area contributed by atoms with Crippen LogP contribution in [0.25, 0.3) is 0 Å². The molecule has 0 heterocycles. The fourth-order valence-corrected chi connectivity index (χ4v) is 3.21. The average Bonchev–Trinajstić information content (AvgIpc) is 2.04. The molecule has 0 amide bonds. The van der Waals surface area contributed by atoms with E-state index in [1.165, 1.54) is 18.8 Å². The fourth-order valence-electron chi connectivity index (χ4n) is 0.364. The van der Waals surface area contributed by atoms with Crippen molar-refractivity contribution in [2.24, 2.45) is 0 Å². The van der Waals surface area contributed by atoms with Gasteiger partial charge in [-0.05, 0) is 22.1 Å². The summed E-state index contributed by atoms with van der Waals surface area (Å²) in [5, 5.41) is 0. The number of phosphoric acid groups is 1. The van der Waals surface area contributed by atoms with Crippen LogP contribution in [0.1, 0.15) is 0 Å². The molecule has 8 heteroatoms. The Morgan fingerprint density at radius 1 is 1.42 bits per heavy atom. The van der Waals surface area contributed by atoms with Crippen LogP contribution in [0, 0.1) is 0 Å². The maximum atomic E-state index is 11.4. The summed E-state index contributed by atoms with van der Waals surface area (Å²) in [6.45, 7) is 6.38. The second kappa shape index (κ2) is 4.24. The lowest BCUT2D eigenvalue weighted by molar-refractivity contribution is -0.108. The van der Waals surface area contributed by atoms with E-state index in [-0.39, 0.29) is 0 Å². The highest BCUT2D eigenvalue weighted by Gasteiger charge is 2.37. The predicted octanol–water partition coefficient (Wildman–Crippen LogP) is 2.84. The monoisotopic (exact) mass is 218 g/mol. The molecule has 0 aliphatic carbocycles. The third-order valence-electron chi connectivity index (χ3n) is 1.01. The quantitative estimate of drug-likeness (QED) is 0.525. The first-order valence-corrected chi connectivity index (χ1v) is 7.39. The number of hydrogen-bond acceptors (Lipinski definition) is 4. The van der Waals surface area contributed by atoms with Gasteiger partial charge in [-0.25, -0.2) is 4.57 Å². The van der Waals surface area contributed by atoms with Crippen LogP contribution < -0.4 is 0 Å². The van der Waals surface area contributed by atoms with Gasteiger partial charge in [0, 0.05) is 0 Å². The van der Waals surface area contributed by atoms with Crippen molar-refractivity contribution in [3.05, 3.63) is 12.3 Å². The van der Waals surface area contributed by atoms with E-state index < -0.39 is 16.1 Å². The molecule has 0 aliphatic heterocycles. The summed E-state index contributed by atoms with van der Waals surface area (Å²) < 4.78 is 43.5. The molecular weight excluding hydrogens is 209 g/mol. The van der Waals surface area contributed by atoms with E-state index in [1.54, 1.807) is 0 Å². The topological polar surface area (TPSA) is 44.8 Å². The van der Waals surface area contributed by atoms with Crippen molar-refractivity contribution in [2.75, 3.05) is 0 Å². The predicted molar refractivity (Wildman–Crippen MR) is 40.8 cm³/mol. The maximum Gasteiger partial charge on any atom is 0.527 e. The lowest BCUT2D eigenvalue weighted by atomic mass is 11.3. The van der Waals surface area contributed by atoms with Crippen molar-refractivity contribution in [1.82, 2.24) is 0 Å². The molecule has 0 bridgehead atoms. The molecule has 0 N–H and O–H groups in total. The molecule has 0 aromatic rings. The van der Waals surface area contributed by atoms with E-state index in [9.17, 15) is 13.6 Å². The van der Waals surface area contributed by atoms with Gasteiger partial charge in [-0.15, -0.1) is 6.58 Å². The molecule has 0 rings (SSSR count). The average molecular weight is 218 g/mol. The normalized spacial score (nSPS) is 13.0. The zero-order valence-corrected chi connectivity index (χ0v) is 8.52. The van der Waals surface area contributed by atoms with E-state index in [0.717, 1.165) is 0 Å². The van der Waals surface area contributed by atoms with E-state index in [2.05, 4.69) is 20.2 Å². The Labute approximate surface area is 69.7 Å². The second-order valence-electron chi connectivity index (χ2n) is 2.48. The molecule has 0 unspecified atom stereocenters. The van der Waals surface area contributed by atoms with Crippen LogP contribution in [-0.2, 0) is 18.2 Å². The Morgan fingerprint density at radius 3 is 2.08 bits per heavy atom. The van der Waals surface area contributed by atoms with E-state index in [4.69, 9.17) is 0 Å². The van der Waals surface area contributed by atoms with Crippen molar-refractivity contribution in [1.29, 1.82) is 0 Å². The maximum absolute atomic E-state index is 11.4. The summed E-state index contributed by atoms with van der Waals surface area (Å²) in [6, 6.07) is 0. The van der Waals surface area contributed by atoms with Gasteiger partial charge in [-0.2, -0.15) is 0 Å². The van der Waals surface area contributed by atoms with E-state index in [0.29, 0.717) is 0 Å². The minimum Gasteiger partial charge on any atom is -0.322 e. The SMILES string of the molecule is C=C[Si](C)(C)OP(=O)(OF)OF. The standard InChI is InChI=1S/C4H9F2O4PSi/c1-4-12(2,3)10-11(7,8-5)9-6/h4H,1H2,2-3H3. The second-order valence-corrected chi connectivity index (χ2v) is 8.00. The Hall–Kier alpha value is -0.0731. The Bertz CT molecular complexity index is 201. The fraction of sp³-hybridized carbons (Fsp3) is 0.500. The summed E-state index contributed by atoms with van der Waals surface area (Å²) >= 11 is 0. The highest BCUT2D eigenvalue weighted by molar-refractivity contribution is 7.50. The lowest BCUT2D eigenvalue weighted by Gasteiger charge is -2.19.